The summed E-state index contributed by atoms with van der Waals surface area (Å²) in [5, 5.41) is 2.50. The van der Waals surface area contributed by atoms with Crippen LogP contribution in [0, 0.1) is 0 Å². The third-order valence-corrected chi connectivity index (χ3v) is 3.31. The zero-order valence-electron chi connectivity index (χ0n) is 13.9. The second kappa shape index (κ2) is 11.2. The van der Waals surface area contributed by atoms with E-state index in [1.165, 1.54) is 6.08 Å². The number of nitrogens with one attached hydrogen (secondary N) is 3. The number of hydrogen-bond donors (Lipinski definition) is 3. The molecular formula is C17H23N3O3S. The van der Waals surface area contributed by atoms with E-state index >= 15 is 0 Å². The average molecular weight is 349 g/mol. The number of thiocarbonyl (C=S) groups is 1. The van der Waals surface area contributed by atoms with Gasteiger partial charge in [-0.15, -0.1) is 0 Å². The van der Waals surface area contributed by atoms with Gasteiger partial charge in [-0.2, -0.15) is 0 Å². The molecule has 1 aromatic rings. The molecule has 7 heteroatoms. The van der Waals surface area contributed by atoms with Crippen LogP contribution in [0.3, 0.4) is 0 Å². The maximum absolute atomic E-state index is 11.7. The fourth-order valence-electron chi connectivity index (χ4n) is 1.80. The van der Waals surface area contributed by atoms with Crippen molar-refractivity contribution in [1.82, 2.24) is 16.2 Å². The molecule has 3 N–H and O–H groups in total. The van der Waals surface area contributed by atoms with Crippen molar-refractivity contribution >= 4 is 35.2 Å². The lowest BCUT2D eigenvalue weighted by Crippen LogP contribution is -2.48. The molecule has 0 spiro atoms. The predicted octanol–water partition coefficient (Wildman–Crippen LogP) is 2.31. The number of unbranched alkanes of at least 4 members (excludes halogenated alkanes) is 2. The van der Waals surface area contributed by atoms with Crippen molar-refractivity contribution in [3.8, 4) is 5.75 Å². The van der Waals surface area contributed by atoms with Gasteiger partial charge in [0, 0.05) is 12.5 Å². The Morgan fingerprint density at radius 3 is 2.50 bits per heavy atom. The second-order valence-corrected chi connectivity index (χ2v) is 5.46. The van der Waals surface area contributed by atoms with Gasteiger partial charge in [0.25, 0.3) is 0 Å². The summed E-state index contributed by atoms with van der Waals surface area (Å²) in [6, 6.07) is 7.26. The molecule has 0 aliphatic heterocycles. The van der Waals surface area contributed by atoms with E-state index in [0.717, 1.165) is 30.6 Å². The standard InChI is InChI=1S/C17H23N3O3S/c1-3-4-5-6-16(22)19-20-17(24)18-15(21)12-9-13-7-10-14(23-2)11-8-13/h7-12H,3-6H2,1-2H3,(H,19,22)(H2,18,20,21,24)/b12-9+. The molecule has 0 radical (unpaired) electrons. The minimum Gasteiger partial charge on any atom is -0.497 e. The van der Waals surface area contributed by atoms with E-state index in [4.69, 9.17) is 17.0 Å². The van der Waals surface area contributed by atoms with Crippen molar-refractivity contribution in [2.75, 3.05) is 7.11 Å². The summed E-state index contributed by atoms with van der Waals surface area (Å²) in [5.41, 5.74) is 5.81. The van der Waals surface area contributed by atoms with E-state index in [-0.39, 0.29) is 16.9 Å². The van der Waals surface area contributed by atoms with E-state index in [1.807, 2.05) is 12.1 Å². The van der Waals surface area contributed by atoms with Crippen LogP contribution >= 0.6 is 12.2 Å². The highest BCUT2D eigenvalue weighted by Crippen LogP contribution is 2.12. The van der Waals surface area contributed by atoms with Crippen LogP contribution in [0.1, 0.15) is 38.2 Å². The molecule has 0 aliphatic rings. The fourth-order valence-corrected chi connectivity index (χ4v) is 1.95. The topological polar surface area (TPSA) is 79.5 Å². The lowest BCUT2D eigenvalue weighted by Gasteiger charge is -2.09. The minimum atomic E-state index is -0.386. The molecule has 6 nitrogen and oxygen atoms in total. The van der Waals surface area contributed by atoms with E-state index in [2.05, 4.69) is 23.1 Å². The minimum absolute atomic E-state index is 0.0447. The normalized spacial score (nSPS) is 10.2. The molecule has 2 amide bonds. The number of ether oxygens (including phenoxy) is 1. The van der Waals surface area contributed by atoms with Gasteiger partial charge in [-0.1, -0.05) is 31.9 Å². The Bertz CT molecular complexity index is 585. The number of amides is 2. The average Bonchev–Trinajstić information content (AvgIpc) is 2.59. The largest absolute Gasteiger partial charge is 0.497 e. The van der Waals surface area contributed by atoms with Gasteiger partial charge in [-0.05, 0) is 42.4 Å². The lowest BCUT2D eigenvalue weighted by molar-refractivity contribution is -0.122. The van der Waals surface area contributed by atoms with Gasteiger partial charge in [-0.25, -0.2) is 0 Å². The Hall–Kier alpha value is -2.41. The molecule has 1 rings (SSSR count). The van der Waals surface area contributed by atoms with Crippen molar-refractivity contribution in [3.63, 3.8) is 0 Å². The van der Waals surface area contributed by atoms with Crippen LogP contribution in [0.2, 0.25) is 0 Å². The molecule has 130 valence electrons. The van der Waals surface area contributed by atoms with Crippen molar-refractivity contribution in [2.45, 2.75) is 32.6 Å². The SMILES string of the molecule is CCCCCC(=O)NNC(=S)NC(=O)/C=C/c1ccc(OC)cc1. The number of hydrazine groups is 1. The summed E-state index contributed by atoms with van der Waals surface area (Å²) in [6.45, 7) is 2.07. The first-order valence-corrected chi connectivity index (χ1v) is 8.18. The third-order valence-electron chi connectivity index (χ3n) is 3.10. The van der Waals surface area contributed by atoms with Gasteiger partial charge in [0.15, 0.2) is 5.11 Å². The molecule has 24 heavy (non-hydrogen) atoms. The molecule has 0 atom stereocenters. The molecule has 0 aliphatic carbocycles. The second-order valence-electron chi connectivity index (χ2n) is 5.06. The van der Waals surface area contributed by atoms with Crippen LogP contribution in [0.4, 0.5) is 0 Å². The van der Waals surface area contributed by atoms with Crippen LogP contribution < -0.4 is 20.9 Å². The predicted molar refractivity (Wildman–Crippen MR) is 98.2 cm³/mol. The molecular weight excluding hydrogens is 326 g/mol. The van der Waals surface area contributed by atoms with Crippen LogP contribution in [-0.4, -0.2) is 24.0 Å². The van der Waals surface area contributed by atoms with Crippen molar-refractivity contribution in [1.29, 1.82) is 0 Å². The highest BCUT2D eigenvalue weighted by molar-refractivity contribution is 7.80. The smallest absolute Gasteiger partial charge is 0.250 e. The summed E-state index contributed by atoms with van der Waals surface area (Å²) in [7, 11) is 1.59. The lowest BCUT2D eigenvalue weighted by atomic mass is 10.2. The molecule has 0 aromatic heterocycles. The first-order chi connectivity index (χ1) is 11.5. The Labute approximate surface area is 147 Å². The summed E-state index contributed by atoms with van der Waals surface area (Å²) in [4.78, 5) is 23.2. The molecule has 0 saturated carbocycles. The van der Waals surface area contributed by atoms with E-state index in [9.17, 15) is 9.59 Å². The molecule has 0 heterocycles. The number of carbonyl (C=O) groups excluding carboxylic acids is 2. The van der Waals surface area contributed by atoms with E-state index in [1.54, 1.807) is 25.3 Å². The van der Waals surface area contributed by atoms with Gasteiger partial charge in [-0.3, -0.25) is 25.8 Å². The molecule has 0 unspecified atom stereocenters. The van der Waals surface area contributed by atoms with Crippen LogP contribution in [0.25, 0.3) is 6.08 Å². The Morgan fingerprint density at radius 2 is 1.88 bits per heavy atom. The van der Waals surface area contributed by atoms with Gasteiger partial charge in [0.05, 0.1) is 7.11 Å². The summed E-state index contributed by atoms with van der Waals surface area (Å²) < 4.78 is 5.06. The van der Waals surface area contributed by atoms with E-state index < -0.39 is 0 Å². The monoisotopic (exact) mass is 349 g/mol. The Morgan fingerprint density at radius 1 is 1.17 bits per heavy atom. The number of rotatable bonds is 7. The third kappa shape index (κ3) is 8.28. The van der Waals surface area contributed by atoms with Crippen molar-refractivity contribution < 1.29 is 14.3 Å². The highest BCUT2D eigenvalue weighted by atomic mass is 32.1. The number of benzene rings is 1. The van der Waals surface area contributed by atoms with Gasteiger partial charge < -0.3 is 4.74 Å². The quantitative estimate of drug-likeness (QED) is 0.305. The maximum atomic E-state index is 11.7. The number of hydrogen-bond acceptors (Lipinski definition) is 4. The summed E-state index contributed by atoms with van der Waals surface area (Å²) >= 11 is 4.94. The molecule has 0 bridgehead atoms. The summed E-state index contributed by atoms with van der Waals surface area (Å²) in [6.07, 6.45) is 6.32. The number of methoxy groups -OCH3 is 1. The molecule has 0 fully saturated rings. The first-order valence-electron chi connectivity index (χ1n) is 7.77. The molecule has 0 saturated heterocycles. The summed E-state index contributed by atoms with van der Waals surface area (Å²) in [5.74, 6) is 0.203. The molecule has 1 aromatic carbocycles. The van der Waals surface area contributed by atoms with Gasteiger partial charge >= 0.3 is 0 Å². The zero-order valence-corrected chi connectivity index (χ0v) is 14.7. The van der Waals surface area contributed by atoms with Gasteiger partial charge in [0.2, 0.25) is 11.8 Å². The van der Waals surface area contributed by atoms with Gasteiger partial charge in [0.1, 0.15) is 5.75 Å². The maximum Gasteiger partial charge on any atom is 0.250 e. The van der Waals surface area contributed by atoms with Crippen molar-refractivity contribution in [3.05, 3.63) is 35.9 Å². The zero-order chi connectivity index (χ0) is 17.8. The van der Waals surface area contributed by atoms with Crippen LogP contribution in [-0.2, 0) is 9.59 Å². The Balaban J connectivity index is 2.31. The van der Waals surface area contributed by atoms with E-state index in [0.29, 0.717) is 6.42 Å². The van der Waals surface area contributed by atoms with Crippen molar-refractivity contribution in [2.24, 2.45) is 0 Å². The number of carbonyl (C=O) groups is 2. The Kier molecular flexibility index (Phi) is 9.14. The fraction of sp³-hybridized carbons (Fsp3) is 0.353. The first kappa shape index (κ1) is 19.6. The van der Waals surface area contributed by atoms with Crippen LogP contribution in [0.5, 0.6) is 5.75 Å². The van der Waals surface area contributed by atoms with Crippen LogP contribution in [0.15, 0.2) is 30.3 Å². The highest BCUT2D eigenvalue weighted by Gasteiger charge is 2.03.